The number of allylic oxidation sites excluding steroid dienone is 1. The van der Waals surface area contributed by atoms with E-state index in [1.807, 2.05) is 6.07 Å². The van der Waals surface area contributed by atoms with Gasteiger partial charge in [-0.3, -0.25) is 4.79 Å². The second-order valence-electron chi connectivity index (χ2n) is 4.47. The molecule has 0 saturated heterocycles. The summed E-state index contributed by atoms with van der Waals surface area (Å²) in [5.74, 6) is -0.681. The first-order valence-electron chi connectivity index (χ1n) is 4.88. The smallest absolute Gasteiger partial charge is 0.163 e. The van der Waals surface area contributed by atoms with Crippen molar-refractivity contribution in [3.05, 3.63) is 42.0 Å². The Kier molecular flexibility index (Phi) is 3.40. The van der Waals surface area contributed by atoms with Crippen LogP contribution < -0.4 is 0 Å². The van der Waals surface area contributed by atoms with Crippen LogP contribution in [0.4, 0.5) is 4.39 Å². The van der Waals surface area contributed by atoms with Gasteiger partial charge in [0.25, 0.3) is 0 Å². The molecule has 0 spiro atoms. The molecule has 0 aliphatic carbocycles. The van der Waals surface area contributed by atoms with Gasteiger partial charge in [0, 0.05) is 17.1 Å². The van der Waals surface area contributed by atoms with Crippen molar-refractivity contribution in [3.63, 3.8) is 0 Å². The molecule has 80 valence electrons. The van der Waals surface area contributed by atoms with Crippen LogP contribution in [0.15, 0.2) is 36.4 Å². The van der Waals surface area contributed by atoms with E-state index in [2.05, 4.69) is 0 Å². The van der Waals surface area contributed by atoms with Gasteiger partial charge in [-0.1, -0.05) is 51.1 Å². The maximum atomic E-state index is 13.6. The highest BCUT2D eigenvalue weighted by molar-refractivity contribution is 5.98. The average Bonchev–Trinajstić information content (AvgIpc) is 2.17. The molecule has 0 heterocycles. The summed E-state index contributed by atoms with van der Waals surface area (Å²) < 4.78 is 13.6. The lowest BCUT2D eigenvalue weighted by Gasteiger charge is -2.13. The minimum Gasteiger partial charge on any atom is -0.294 e. The monoisotopic (exact) mass is 206 g/mol. The number of benzene rings is 1. The van der Waals surface area contributed by atoms with E-state index in [0.29, 0.717) is 5.56 Å². The van der Waals surface area contributed by atoms with Gasteiger partial charge >= 0.3 is 0 Å². The SMILES string of the molecule is CC(C)(C)C(=O)C=C(F)c1ccccc1. The topological polar surface area (TPSA) is 17.1 Å². The van der Waals surface area contributed by atoms with E-state index in [1.165, 1.54) is 0 Å². The number of ketones is 1. The van der Waals surface area contributed by atoms with Crippen LogP contribution in [0.1, 0.15) is 26.3 Å². The number of carbonyl (C=O) groups is 1. The summed E-state index contributed by atoms with van der Waals surface area (Å²) in [6, 6.07) is 8.57. The summed E-state index contributed by atoms with van der Waals surface area (Å²) in [6.07, 6.45) is 1.06. The quantitative estimate of drug-likeness (QED) is 0.675. The molecule has 1 aromatic carbocycles. The Morgan fingerprint density at radius 3 is 2.20 bits per heavy atom. The van der Waals surface area contributed by atoms with Crippen molar-refractivity contribution in [2.24, 2.45) is 5.41 Å². The molecule has 0 N–H and O–H groups in total. The van der Waals surface area contributed by atoms with Crippen LogP contribution in [0.3, 0.4) is 0 Å². The molecule has 0 aliphatic heterocycles. The number of hydrogen-bond acceptors (Lipinski definition) is 1. The molecular formula is C13H15FO. The summed E-state index contributed by atoms with van der Waals surface area (Å²) in [7, 11) is 0. The van der Waals surface area contributed by atoms with Crippen LogP contribution in [0.5, 0.6) is 0 Å². The average molecular weight is 206 g/mol. The number of halogens is 1. The third-order valence-corrected chi connectivity index (χ3v) is 2.05. The largest absolute Gasteiger partial charge is 0.294 e. The van der Waals surface area contributed by atoms with Gasteiger partial charge in [-0.05, 0) is 0 Å². The predicted octanol–water partition coefficient (Wildman–Crippen LogP) is 3.61. The second-order valence-corrected chi connectivity index (χ2v) is 4.47. The van der Waals surface area contributed by atoms with Crippen LogP contribution >= 0.6 is 0 Å². The molecular weight excluding hydrogens is 191 g/mol. The van der Waals surface area contributed by atoms with Gasteiger partial charge in [-0.25, -0.2) is 4.39 Å². The van der Waals surface area contributed by atoms with Crippen molar-refractivity contribution in [2.45, 2.75) is 20.8 Å². The highest BCUT2D eigenvalue weighted by Crippen LogP contribution is 2.21. The van der Waals surface area contributed by atoms with Crippen LogP contribution in [-0.2, 0) is 4.79 Å². The molecule has 0 bridgehead atoms. The molecule has 0 atom stereocenters. The van der Waals surface area contributed by atoms with Crippen molar-refractivity contribution in [1.29, 1.82) is 0 Å². The fourth-order valence-electron chi connectivity index (χ4n) is 1.01. The van der Waals surface area contributed by atoms with E-state index >= 15 is 0 Å². The van der Waals surface area contributed by atoms with Crippen molar-refractivity contribution in [2.75, 3.05) is 0 Å². The molecule has 1 aromatic rings. The van der Waals surface area contributed by atoms with Gasteiger partial charge in [-0.2, -0.15) is 0 Å². The summed E-state index contributed by atoms with van der Waals surface area (Å²) >= 11 is 0. The van der Waals surface area contributed by atoms with Gasteiger partial charge in [0.1, 0.15) is 5.83 Å². The fourth-order valence-corrected chi connectivity index (χ4v) is 1.01. The Morgan fingerprint density at radius 2 is 1.73 bits per heavy atom. The first-order valence-corrected chi connectivity index (χ1v) is 4.88. The first kappa shape index (κ1) is 11.6. The lowest BCUT2D eigenvalue weighted by atomic mass is 9.90. The molecule has 0 saturated carbocycles. The van der Waals surface area contributed by atoms with Gasteiger partial charge < -0.3 is 0 Å². The molecule has 0 unspecified atom stereocenters. The van der Waals surface area contributed by atoms with E-state index in [9.17, 15) is 9.18 Å². The Balaban J connectivity index is 2.91. The molecule has 0 fully saturated rings. The summed E-state index contributed by atoms with van der Waals surface area (Å²) in [4.78, 5) is 11.5. The lowest BCUT2D eigenvalue weighted by Crippen LogP contribution is -2.17. The second kappa shape index (κ2) is 4.39. The third kappa shape index (κ3) is 3.31. The Morgan fingerprint density at radius 1 is 1.20 bits per heavy atom. The zero-order valence-corrected chi connectivity index (χ0v) is 9.25. The molecule has 2 heteroatoms. The number of rotatable bonds is 2. The maximum Gasteiger partial charge on any atom is 0.163 e. The van der Waals surface area contributed by atoms with Gasteiger partial charge in [0.15, 0.2) is 5.78 Å². The number of carbonyl (C=O) groups excluding carboxylic acids is 1. The maximum absolute atomic E-state index is 13.6. The summed E-state index contributed by atoms with van der Waals surface area (Å²) in [5, 5.41) is 0. The predicted molar refractivity (Wildman–Crippen MR) is 60.0 cm³/mol. The minimum absolute atomic E-state index is 0.205. The minimum atomic E-state index is -0.536. The van der Waals surface area contributed by atoms with Gasteiger partial charge in [0.2, 0.25) is 0 Å². The standard InChI is InChI=1S/C13H15FO/c1-13(2,3)12(15)9-11(14)10-7-5-4-6-8-10/h4-9H,1-3H3. The van der Waals surface area contributed by atoms with Gasteiger partial charge in [-0.15, -0.1) is 0 Å². The molecule has 1 nitrogen and oxygen atoms in total. The van der Waals surface area contributed by atoms with Crippen LogP contribution in [0, 0.1) is 5.41 Å². The zero-order chi connectivity index (χ0) is 11.5. The van der Waals surface area contributed by atoms with Crippen LogP contribution in [0.2, 0.25) is 0 Å². The van der Waals surface area contributed by atoms with Crippen molar-refractivity contribution in [3.8, 4) is 0 Å². The van der Waals surface area contributed by atoms with Crippen molar-refractivity contribution >= 4 is 11.6 Å². The van der Waals surface area contributed by atoms with Crippen molar-refractivity contribution < 1.29 is 9.18 Å². The third-order valence-electron chi connectivity index (χ3n) is 2.05. The van der Waals surface area contributed by atoms with E-state index in [-0.39, 0.29) is 5.78 Å². The molecule has 0 aliphatic rings. The van der Waals surface area contributed by atoms with Gasteiger partial charge in [0.05, 0.1) is 0 Å². The fraction of sp³-hybridized carbons (Fsp3) is 0.308. The molecule has 15 heavy (non-hydrogen) atoms. The Labute approximate surface area is 89.6 Å². The normalized spacial score (nSPS) is 12.7. The first-order chi connectivity index (χ1) is 6.91. The van der Waals surface area contributed by atoms with E-state index < -0.39 is 11.2 Å². The van der Waals surface area contributed by atoms with E-state index in [0.717, 1.165) is 6.08 Å². The molecule has 0 aromatic heterocycles. The van der Waals surface area contributed by atoms with Crippen LogP contribution in [0.25, 0.3) is 5.83 Å². The van der Waals surface area contributed by atoms with E-state index in [4.69, 9.17) is 0 Å². The highest BCUT2D eigenvalue weighted by atomic mass is 19.1. The highest BCUT2D eigenvalue weighted by Gasteiger charge is 2.19. The lowest BCUT2D eigenvalue weighted by molar-refractivity contribution is -0.121. The Hall–Kier alpha value is -1.44. The molecule has 0 amide bonds. The molecule has 0 radical (unpaired) electrons. The summed E-state index contributed by atoms with van der Waals surface area (Å²) in [5.41, 5.74) is -0.0957. The molecule has 1 rings (SSSR count). The Bertz CT molecular complexity index is 371. The van der Waals surface area contributed by atoms with E-state index in [1.54, 1.807) is 45.0 Å². The number of hydrogen-bond donors (Lipinski definition) is 0. The van der Waals surface area contributed by atoms with Crippen molar-refractivity contribution in [1.82, 2.24) is 0 Å². The zero-order valence-electron chi connectivity index (χ0n) is 9.25. The summed E-state index contributed by atoms with van der Waals surface area (Å²) in [6.45, 7) is 5.30. The van der Waals surface area contributed by atoms with Crippen LogP contribution in [-0.4, -0.2) is 5.78 Å².